The number of carbonyl (C=O) groups is 1. The lowest BCUT2D eigenvalue weighted by molar-refractivity contribution is -0.116. The lowest BCUT2D eigenvalue weighted by atomic mass is 10.2. The highest BCUT2D eigenvalue weighted by Crippen LogP contribution is 2.12. The fourth-order valence-electron chi connectivity index (χ4n) is 2.24. The van der Waals surface area contributed by atoms with Gasteiger partial charge in [-0.2, -0.15) is 0 Å². The first kappa shape index (κ1) is 13.8. The molecule has 22 heavy (non-hydrogen) atoms. The number of amides is 1. The van der Waals surface area contributed by atoms with E-state index in [1.54, 1.807) is 42.5 Å². The van der Waals surface area contributed by atoms with E-state index in [0.717, 1.165) is 0 Å². The molecule has 3 aromatic rings. The molecular formula is C16H14N4O2. The lowest BCUT2D eigenvalue weighted by Crippen LogP contribution is -2.28. The van der Waals surface area contributed by atoms with Gasteiger partial charge in [0.1, 0.15) is 6.54 Å². The number of para-hydroxylation sites is 2. The van der Waals surface area contributed by atoms with Crippen molar-refractivity contribution in [1.82, 2.24) is 9.55 Å². The Balaban J connectivity index is 1.88. The smallest absolute Gasteiger partial charge is 0.269 e. The predicted molar refractivity (Wildman–Crippen MR) is 85.5 cm³/mol. The number of hydrogen-bond donors (Lipinski definition) is 2. The third kappa shape index (κ3) is 2.80. The molecule has 3 rings (SSSR count). The van der Waals surface area contributed by atoms with Crippen LogP contribution in [0.15, 0.2) is 59.5 Å². The summed E-state index contributed by atoms with van der Waals surface area (Å²) in [6, 6.07) is 14.1. The fourth-order valence-corrected chi connectivity index (χ4v) is 2.24. The number of carbonyl (C=O) groups excluding carboxylic acids is 1. The molecule has 0 bridgehead atoms. The number of aromatic nitrogens is 2. The van der Waals surface area contributed by atoms with E-state index in [-0.39, 0.29) is 18.0 Å². The lowest BCUT2D eigenvalue weighted by Gasteiger charge is -2.10. The molecule has 2 aromatic carbocycles. The van der Waals surface area contributed by atoms with E-state index in [9.17, 15) is 9.59 Å². The zero-order valence-corrected chi connectivity index (χ0v) is 11.7. The number of rotatable bonds is 3. The third-order valence-electron chi connectivity index (χ3n) is 3.22. The number of nitrogens with zero attached hydrogens (tertiary/aromatic N) is 2. The molecule has 1 heterocycles. The Kier molecular flexibility index (Phi) is 3.57. The van der Waals surface area contributed by atoms with Gasteiger partial charge in [-0.1, -0.05) is 18.2 Å². The zero-order valence-electron chi connectivity index (χ0n) is 11.7. The number of benzene rings is 2. The van der Waals surface area contributed by atoms with Gasteiger partial charge < -0.3 is 11.1 Å². The van der Waals surface area contributed by atoms with Crippen LogP contribution < -0.4 is 16.6 Å². The van der Waals surface area contributed by atoms with Crippen LogP contribution in [0, 0.1) is 0 Å². The second-order valence-electron chi connectivity index (χ2n) is 4.84. The molecule has 1 aromatic heterocycles. The Morgan fingerprint density at radius 1 is 1.18 bits per heavy atom. The Bertz CT molecular complexity index is 902. The summed E-state index contributed by atoms with van der Waals surface area (Å²) in [5.74, 6) is -0.302. The van der Waals surface area contributed by atoms with E-state index < -0.39 is 0 Å². The van der Waals surface area contributed by atoms with Gasteiger partial charge in [-0.3, -0.25) is 14.2 Å². The first-order valence-corrected chi connectivity index (χ1v) is 6.73. The van der Waals surface area contributed by atoms with E-state index in [1.165, 1.54) is 10.8 Å². The van der Waals surface area contributed by atoms with Crippen LogP contribution in [0.2, 0.25) is 0 Å². The van der Waals surface area contributed by atoms with Crippen LogP contribution in [-0.2, 0) is 11.3 Å². The maximum absolute atomic E-state index is 12.2. The topological polar surface area (TPSA) is 90.0 Å². The summed E-state index contributed by atoms with van der Waals surface area (Å²) in [5.41, 5.74) is 7.79. The monoisotopic (exact) mass is 294 g/mol. The number of fused-ring (bicyclic) bond motifs is 1. The van der Waals surface area contributed by atoms with Crippen molar-refractivity contribution in [2.45, 2.75) is 6.54 Å². The van der Waals surface area contributed by atoms with Crippen molar-refractivity contribution in [2.24, 2.45) is 0 Å². The van der Waals surface area contributed by atoms with Crippen LogP contribution in [0.4, 0.5) is 11.4 Å². The molecule has 1 amide bonds. The van der Waals surface area contributed by atoms with Gasteiger partial charge in [-0.15, -0.1) is 0 Å². The van der Waals surface area contributed by atoms with E-state index in [4.69, 9.17) is 5.73 Å². The van der Waals surface area contributed by atoms with Crippen molar-refractivity contribution < 1.29 is 4.79 Å². The number of nitrogens with one attached hydrogen (secondary N) is 1. The molecule has 0 aliphatic rings. The van der Waals surface area contributed by atoms with Gasteiger partial charge in [0.15, 0.2) is 0 Å². The minimum absolute atomic E-state index is 0.0866. The minimum Gasteiger partial charge on any atom is -0.399 e. The van der Waals surface area contributed by atoms with Crippen LogP contribution >= 0.6 is 0 Å². The molecule has 6 nitrogen and oxygen atoms in total. The molecule has 0 aliphatic heterocycles. The average molecular weight is 294 g/mol. The van der Waals surface area contributed by atoms with Crippen molar-refractivity contribution in [3.05, 3.63) is 65.1 Å². The van der Waals surface area contributed by atoms with Crippen molar-refractivity contribution in [2.75, 3.05) is 11.1 Å². The molecule has 3 N–H and O–H groups in total. The normalized spacial score (nSPS) is 10.5. The number of nitrogens with two attached hydrogens (primary N) is 1. The predicted octanol–water partition coefficient (Wildman–Crippen LogP) is 1.62. The summed E-state index contributed by atoms with van der Waals surface area (Å²) in [7, 11) is 0. The summed E-state index contributed by atoms with van der Waals surface area (Å²) < 4.78 is 1.39. The largest absolute Gasteiger partial charge is 0.399 e. The van der Waals surface area contributed by atoms with E-state index in [2.05, 4.69) is 10.3 Å². The fraction of sp³-hybridized carbons (Fsp3) is 0.0625. The Hall–Kier alpha value is -3.15. The molecule has 0 unspecified atom stereocenters. The maximum atomic E-state index is 12.2. The van der Waals surface area contributed by atoms with Crippen LogP contribution in [-0.4, -0.2) is 15.5 Å². The molecule has 0 saturated carbocycles. The van der Waals surface area contributed by atoms with Gasteiger partial charge in [0.2, 0.25) is 5.91 Å². The number of hydrogen-bond acceptors (Lipinski definition) is 4. The quantitative estimate of drug-likeness (QED) is 0.718. The third-order valence-corrected chi connectivity index (χ3v) is 3.22. The zero-order chi connectivity index (χ0) is 15.5. The Morgan fingerprint density at radius 3 is 2.82 bits per heavy atom. The molecule has 0 aliphatic carbocycles. The standard InChI is InChI=1S/C16H14N4O2/c17-11-4-3-5-12(8-11)19-15(21)10-20-14-7-2-1-6-13(14)18-9-16(20)22/h1-9H,10,17H2,(H,19,21). The van der Waals surface area contributed by atoms with Gasteiger partial charge in [0.25, 0.3) is 5.56 Å². The molecule has 0 atom stereocenters. The van der Waals surface area contributed by atoms with Crippen LogP contribution in [0.25, 0.3) is 11.0 Å². The summed E-state index contributed by atoms with van der Waals surface area (Å²) in [4.78, 5) is 28.2. The van der Waals surface area contributed by atoms with Crippen molar-refractivity contribution >= 4 is 28.3 Å². The molecule has 6 heteroatoms. The van der Waals surface area contributed by atoms with Crippen molar-refractivity contribution in [1.29, 1.82) is 0 Å². The Morgan fingerprint density at radius 2 is 2.00 bits per heavy atom. The van der Waals surface area contributed by atoms with E-state index in [0.29, 0.717) is 22.4 Å². The van der Waals surface area contributed by atoms with Gasteiger partial charge in [-0.25, -0.2) is 4.98 Å². The van der Waals surface area contributed by atoms with E-state index in [1.807, 2.05) is 6.07 Å². The van der Waals surface area contributed by atoms with Crippen molar-refractivity contribution in [3.63, 3.8) is 0 Å². The molecule has 0 radical (unpaired) electrons. The van der Waals surface area contributed by atoms with Gasteiger partial charge in [0.05, 0.1) is 17.2 Å². The number of anilines is 2. The first-order valence-electron chi connectivity index (χ1n) is 6.73. The molecule has 0 fully saturated rings. The van der Waals surface area contributed by atoms with Gasteiger partial charge >= 0.3 is 0 Å². The maximum Gasteiger partial charge on any atom is 0.269 e. The Labute approximate surface area is 126 Å². The average Bonchev–Trinajstić information content (AvgIpc) is 2.50. The second-order valence-corrected chi connectivity index (χ2v) is 4.84. The van der Waals surface area contributed by atoms with Crippen molar-refractivity contribution in [3.8, 4) is 0 Å². The van der Waals surface area contributed by atoms with Crippen LogP contribution in [0.3, 0.4) is 0 Å². The van der Waals surface area contributed by atoms with Gasteiger partial charge in [0, 0.05) is 11.4 Å². The molecule has 110 valence electrons. The molecular weight excluding hydrogens is 280 g/mol. The molecule has 0 saturated heterocycles. The second kappa shape index (κ2) is 5.69. The van der Waals surface area contributed by atoms with E-state index >= 15 is 0 Å². The SMILES string of the molecule is Nc1cccc(NC(=O)Cn2c(=O)cnc3ccccc32)c1. The highest BCUT2D eigenvalue weighted by atomic mass is 16.2. The highest BCUT2D eigenvalue weighted by molar-refractivity contribution is 5.91. The van der Waals surface area contributed by atoms with Gasteiger partial charge in [-0.05, 0) is 30.3 Å². The van der Waals surface area contributed by atoms with Crippen LogP contribution in [0.1, 0.15) is 0 Å². The summed E-state index contributed by atoms with van der Waals surface area (Å²) in [5, 5.41) is 2.72. The number of nitrogen functional groups attached to an aromatic ring is 1. The summed E-state index contributed by atoms with van der Waals surface area (Å²) in [6.45, 7) is -0.0866. The first-order chi connectivity index (χ1) is 10.6. The summed E-state index contributed by atoms with van der Waals surface area (Å²) in [6.07, 6.45) is 1.22. The van der Waals surface area contributed by atoms with Crippen LogP contribution in [0.5, 0.6) is 0 Å². The minimum atomic E-state index is -0.318. The summed E-state index contributed by atoms with van der Waals surface area (Å²) >= 11 is 0. The highest BCUT2D eigenvalue weighted by Gasteiger charge is 2.09. The molecule has 0 spiro atoms.